The molecule has 0 aromatic carbocycles. The Morgan fingerprint density at radius 2 is 1.72 bits per heavy atom. The normalized spacial score (nSPS) is 18.9. The number of nitrogens with zero attached hydrogens (tertiary/aromatic N) is 6. The van der Waals surface area contributed by atoms with Crippen molar-refractivity contribution >= 4 is 21.7 Å². The van der Waals surface area contributed by atoms with Crippen molar-refractivity contribution in [3.05, 3.63) is 41.9 Å². The number of hydrogen-bond donors (Lipinski definition) is 1. The zero-order valence-corrected chi connectivity index (χ0v) is 26.4. The molecule has 1 N–H and O–H groups in total. The molecule has 3 aromatic rings. The summed E-state index contributed by atoms with van der Waals surface area (Å²) in [6.07, 6.45) is -6.73. The fourth-order valence-electron chi connectivity index (χ4n) is 6.06. The highest BCUT2D eigenvalue weighted by Crippen LogP contribution is 2.59. The van der Waals surface area contributed by atoms with Crippen molar-refractivity contribution in [3.63, 3.8) is 0 Å². The highest BCUT2D eigenvalue weighted by Gasteiger charge is 2.62. The third kappa shape index (κ3) is 6.53. The number of hydrogen-bond acceptors (Lipinski definition) is 8. The highest BCUT2D eigenvalue weighted by molar-refractivity contribution is 7.90. The van der Waals surface area contributed by atoms with Gasteiger partial charge in [-0.25, -0.2) is 22.8 Å². The van der Waals surface area contributed by atoms with E-state index in [4.69, 9.17) is 4.74 Å². The molecule has 46 heavy (non-hydrogen) atoms. The van der Waals surface area contributed by atoms with Crippen LogP contribution >= 0.6 is 0 Å². The first kappa shape index (κ1) is 33.5. The minimum Gasteiger partial charge on any atom is -0.477 e. The van der Waals surface area contributed by atoms with Crippen molar-refractivity contribution in [2.75, 3.05) is 18.1 Å². The maximum absolute atomic E-state index is 13.5. The molecule has 11 nitrogen and oxygen atoms in total. The largest absolute Gasteiger partial charge is 0.477 e. The number of carbonyl (C=O) groups is 1. The standard InChI is InChI=1S/C28H33F6N7O4S/c1-24(2)15-25(3,4)40(16-24)22-17(23(42)38-46(43,44)18-14-39(5)37-21(18)27(29,30)31)6-7-19(35-22)41-12-8-20(36-41)45-13-11-26(9-10-26)28(32,33)34/h6-8,12,14H,9-11,13,15-16H2,1-5H3,(H,38,42). The Hall–Kier alpha value is -3.83. The molecule has 0 spiro atoms. The lowest BCUT2D eigenvalue weighted by molar-refractivity contribution is -0.190. The van der Waals surface area contributed by atoms with Crippen molar-refractivity contribution < 1.29 is 44.3 Å². The molecule has 4 heterocycles. The number of sulfonamides is 1. The SMILES string of the molecule is Cn1cc(S(=O)(=O)NC(=O)c2ccc(-n3ccc(OCCC4(C(F)(F)F)CC4)n3)nc2N2CC(C)(C)CC2(C)C)c(C(F)(F)F)n1. The molecule has 0 unspecified atom stereocenters. The maximum atomic E-state index is 13.5. The van der Waals surface area contributed by atoms with Gasteiger partial charge in [-0.2, -0.15) is 31.4 Å². The lowest BCUT2D eigenvalue weighted by Gasteiger charge is -2.33. The van der Waals surface area contributed by atoms with Gasteiger partial charge >= 0.3 is 12.4 Å². The summed E-state index contributed by atoms with van der Waals surface area (Å²) >= 11 is 0. The predicted octanol–water partition coefficient (Wildman–Crippen LogP) is 5.26. The molecule has 1 saturated carbocycles. The molecule has 0 radical (unpaired) electrons. The molecule has 1 saturated heterocycles. The summed E-state index contributed by atoms with van der Waals surface area (Å²) in [5, 5.41) is 7.45. The minimum absolute atomic E-state index is 0.0498. The summed E-state index contributed by atoms with van der Waals surface area (Å²) in [4.78, 5) is 18.7. The molecular formula is C28H33F6N7O4S. The van der Waals surface area contributed by atoms with E-state index in [1.165, 1.54) is 29.1 Å². The molecule has 1 aliphatic carbocycles. The monoisotopic (exact) mass is 677 g/mol. The zero-order chi connectivity index (χ0) is 34.1. The number of aromatic nitrogens is 5. The number of nitrogens with one attached hydrogen (secondary N) is 1. The van der Waals surface area contributed by atoms with Gasteiger partial charge in [0.05, 0.1) is 17.6 Å². The van der Waals surface area contributed by atoms with Crippen molar-refractivity contribution in [1.82, 2.24) is 29.3 Å². The van der Waals surface area contributed by atoms with E-state index in [-0.39, 0.29) is 54.4 Å². The third-order valence-electron chi connectivity index (χ3n) is 8.25. The molecule has 252 valence electrons. The summed E-state index contributed by atoms with van der Waals surface area (Å²) < 4.78 is 116. The summed E-state index contributed by atoms with van der Waals surface area (Å²) in [6, 6.07) is 4.07. The Morgan fingerprint density at radius 3 is 2.28 bits per heavy atom. The first-order valence-corrected chi connectivity index (χ1v) is 15.7. The van der Waals surface area contributed by atoms with Gasteiger partial charge in [-0.3, -0.25) is 9.48 Å². The van der Waals surface area contributed by atoms with E-state index in [1.807, 2.05) is 32.6 Å². The minimum atomic E-state index is -5.10. The quantitative estimate of drug-likeness (QED) is 0.304. The van der Waals surface area contributed by atoms with Gasteiger partial charge < -0.3 is 9.64 Å². The second kappa shape index (κ2) is 10.9. The lowest BCUT2D eigenvalue weighted by atomic mass is 9.86. The van der Waals surface area contributed by atoms with Crippen molar-refractivity contribution in [3.8, 4) is 11.7 Å². The average Bonchev–Trinajstić information content (AvgIpc) is 3.26. The molecule has 2 aliphatic rings. The van der Waals surface area contributed by atoms with E-state index in [0.717, 1.165) is 7.05 Å². The van der Waals surface area contributed by atoms with E-state index in [1.54, 1.807) is 4.72 Å². The number of amides is 1. The van der Waals surface area contributed by atoms with Crippen LogP contribution in [-0.2, 0) is 23.2 Å². The van der Waals surface area contributed by atoms with Gasteiger partial charge in [-0.15, -0.1) is 5.10 Å². The van der Waals surface area contributed by atoms with Crippen LogP contribution in [0.4, 0.5) is 32.2 Å². The zero-order valence-electron chi connectivity index (χ0n) is 25.6. The highest BCUT2D eigenvalue weighted by atomic mass is 32.2. The van der Waals surface area contributed by atoms with Gasteiger partial charge in [0, 0.05) is 37.6 Å². The van der Waals surface area contributed by atoms with Crippen LogP contribution in [0.5, 0.6) is 5.88 Å². The van der Waals surface area contributed by atoms with Gasteiger partial charge in [-0.1, -0.05) is 13.8 Å². The number of aryl methyl sites for hydroxylation is 1. The number of pyridine rings is 1. The van der Waals surface area contributed by atoms with E-state index in [2.05, 4.69) is 15.2 Å². The Balaban J connectivity index is 1.45. The molecule has 0 bridgehead atoms. The number of rotatable bonds is 9. The van der Waals surface area contributed by atoms with E-state index in [9.17, 15) is 39.6 Å². The fourth-order valence-corrected chi connectivity index (χ4v) is 7.22. The first-order valence-electron chi connectivity index (χ1n) is 14.3. The van der Waals surface area contributed by atoms with Crippen molar-refractivity contribution in [1.29, 1.82) is 0 Å². The average molecular weight is 678 g/mol. The summed E-state index contributed by atoms with van der Waals surface area (Å²) in [5.41, 5.74) is -4.45. The van der Waals surface area contributed by atoms with Crippen LogP contribution in [0.3, 0.4) is 0 Å². The first-order chi connectivity index (χ1) is 21.0. The van der Waals surface area contributed by atoms with E-state index in [0.29, 0.717) is 23.8 Å². The third-order valence-corrected chi connectivity index (χ3v) is 9.59. The molecule has 2 fully saturated rings. The van der Waals surface area contributed by atoms with Crippen LogP contribution in [0.2, 0.25) is 0 Å². The number of alkyl halides is 6. The van der Waals surface area contributed by atoms with E-state index < -0.39 is 49.8 Å². The van der Waals surface area contributed by atoms with Gasteiger partial charge in [-0.05, 0) is 57.1 Å². The number of carbonyl (C=O) groups excluding carboxylic acids is 1. The molecule has 1 amide bonds. The van der Waals surface area contributed by atoms with Gasteiger partial charge in [0.25, 0.3) is 15.9 Å². The van der Waals surface area contributed by atoms with Gasteiger partial charge in [0.15, 0.2) is 11.5 Å². The van der Waals surface area contributed by atoms with Crippen LogP contribution in [0, 0.1) is 10.8 Å². The summed E-state index contributed by atoms with van der Waals surface area (Å²) in [5.74, 6) is -0.935. The molecule has 5 rings (SSSR count). The predicted molar refractivity (Wildman–Crippen MR) is 152 cm³/mol. The van der Waals surface area contributed by atoms with Crippen LogP contribution in [0.15, 0.2) is 35.5 Å². The smallest absolute Gasteiger partial charge is 0.436 e. The van der Waals surface area contributed by atoms with Crippen LogP contribution < -0.4 is 14.4 Å². The van der Waals surface area contributed by atoms with Crippen molar-refractivity contribution in [2.24, 2.45) is 17.9 Å². The Kier molecular flexibility index (Phi) is 7.92. The van der Waals surface area contributed by atoms with E-state index >= 15 is 0 Å². The fraction of sp³-hybridized carbons (Fsp3) is 0.571. The van der Waals surface area contributed by atoms with Crippen molar-refractivity contribution in [2.45, 2.75) is 76.2 Å². The molecule has 3 aromatic heterocycles. The number of ether oxygens (including phenoxy) is 1. The number of anilines is 1. The second-order valence-electron chi connectivity index (χ2n) is 13.2. The molecule has 1 aliphatic heterocycles. The number of halogens is 6. The van der Waals surface area contributed by atoms with Crippen LogP contribution in [0.1, 0.15) is 69.4 Å². The molecule has 0 atom stereocenters. The Labute approximate surface area is 261 Å². The van der Waals surface area contributed by atoms with Gasteiger partial charge in [0.2, 0.25) is 5.88 Å². The summed E-state index contributed by atoms with van der Waals surface area (Å²) in [7, 11) is -3.91. The van der Waals surface area contributed by atoms with Crippen LogP contribution in [-0.4, -0.2) is 63.7 Å². The lowest BCUT2D eigenvalue weighted by Crippen LogP contribution is -2.41. The maximum Gasteiger partial charge on any atom is 0.436 e. The molecular weight excluding hydrogens is 644 g/mol. The topological polar surface area (TPSA) is 124 Å². The van der Waals surface area contributed by atoms with Crippen LogP contribution in [0.25, 0.3) is 5.82 Å². The Bertz CT molecular complexity index is 1760. The van der Waals surface area contributed by atoms with Gasteiger partial charge in [0.1, 0.15) is 10.7 Å². The Morgan fingerprint density at radius 1 is 1.04 bits per heavy atom. The summed E-state index contributed by atoms with van der Waals surface area (Å²) in [6.45, 7) is 8.03. The molecule has 18 heteroatoms. The second-order valence-corrected chi connectivity index (χ2v) is 14.9.